The molecule has 80 valence electrons. The van der Waals surface area contributed by atoms with Crippen molar-refractivity contribution in [3.05, 3.63) is 18.2 Å². The van der Waals surface area contributed by atoms with Gasteiger partial charge in [-0.15, -0.1) is 13.2 Å². The lowest BCUT2D eigenvalue weighted by Gasteiger charge is -2.08. The standard InChI is InChI=1S/C8H6F3N3O/c9-8(10,11)15-4-1-2-6-5(3-4)7(12)14-13-6/h1-3H,(H3,12,13,14). The minimum absolute atomic E-state index is 0.137. The number of ether oxygens (including phenoxy) is 1. The van der Waals surface area contributed by atoms with Gasteiger partial charge in [-0.2, -0.15) is 5.10 Å². The van der Waals surface area contributed by atoms with Crippen molar-refractivity contribution in [1.82, 2.24) is 10.2 Å². The summed E-state index contributed by atoms with van der Waals surface area (Å²) in [6, 6.07) is 3.79. The number of nitrogen functional groups attached to an aromatic ring is 1. The maximum Gasteiger partial charge on any atom is 0.573 e. The van der Waals surface area contributed by atoms with E-state index in [0.29, 0.717) is 10.9 Å². The third-order valence-corrected chi connectivity index (χ3v) is 1.80. The molecule has 0 bridgehead atoms. The van der Waals surface area contributed by atoms with Crippen LogP contribution in [0, 0.1) is 0 Å². The summed E-state index contributed by atoms with van der Waals surface area (Å²) in [6.07, 6.45) is -4.70. The Kier molecular flexibility index (Phi) is 1.95. The molecule has 0 unspecified atom stereocenters. The Bertz CT molecular complexity index is 491. The van der Waals surface area contributed by atoms with Crippen LogP contribution in [0.15, 0.2) is 18.2 Å². The molecule has 15 heavy (non-hydrogen) atoms. The second-order valence-electron chi connectivity index (χ2n) is 2.86. The lowest BCUT2D eigenvalue weighted by Crippen LogP contribution is -2.16. The third-order valence-electron chi connectivity index (χ3n) is 1.80. The van der Waals surface area contributed by atoms with Gasteiger partial charge in [0.15, 0.2) is 5.82 Å². The van der Waals surface area contributed by atoms with Gasteiger partial charge >= 0.3 is 6.36 Å². The van der Waals surface area contributed by atoms with E-state index in [9.17, 15) is 13.2 Å². The van der Waals surface area contributed by atoms with E-state index in [1.807, 2.05) is 0 Å². The molecule has 2 aromatic rings. The second kappa shape index (κ2) is 3.04. The zero-order valence-electron chi connectivity index (χ0n) is 7.30. The van der Waals surface area contributed by atoms with Crippen molar-refractivity contribution in [1.29, 1.82) is 0 Å². The molecule has 0 aliphatic rings. The first kappa shape index (κ1) is 9.63. The number of rotatable bonds is 1. The summed E-state index contributed by atoms with van der Waals surface area (Å²) in [6.45, 7) is 0. The molecule has 1 heterocycles. The molecule has 0 amide bonds. The topological polar surface area (TPSA) is 63.9 Å². The quantitative estimate of drug-likeness (QED) is 0.768. The zero-order valence-corrected chi connectivity index (χ0v) is 7.30. The highest BCUT2D eigenvalue weighted by molar-refractivity contribution is 5.89. The number of H-pyrrole nitrogens is 1. The number of benzene rings is 1. The predicted molar refractivity (Wildman–Crippen MR) is 47.2 cm³/mol. The van der Waals surface area contributed by atoms with Crippen LogP contribution in [0.1, 0.15) is 0 Å². The molecule has 0 atom stereocenters. The van der Waals surface area contributed by atoms with Crippen LogP contribution in [0.4, 0.5) is 19.0 Å². The van der Waals surface area contributed by atoms with Crippen LogP contribution in [0.2, 0.25) is 0 Å². The molecule has 0 aliphatic carbocycles. The average Bonchev–Trinajstić information content (AvgIpc) is 2.45. The molecule has 0 radical (unpaired) electrons. The maximum absolute atomic E-state index is 11.9. The van der Waals surface area contributed by atoms with Crippen molar-refractivity contribution >= 4 is 16.7 Å². The van der Waals surface area contributed by atoms with E-state index in [2.05, 4.69) is 14.9 Å². The molecule has 0 saturated carbocycles. The molecule has 4 nitrogen and oxygen atoms in total. The van der Waals surface area contributed by atoms with E-state index >= 15 is 0 Å². The molecule has 0 saturated heterocycles. The fourth-order valence-corrected chi connectivity index (χ4v) is 1.21. The van der Waals surface area contributed by atoms with Gasteiger partial charge in [-0.05, 0) is 18.2 Å². The lowest BCUT2D eigenvalue weighted by atomic mass is 10.2. The van der Waals surface area contributed by atoms with E-state index in [1.54, 1.807) is 0 Å². The van der Waals surface area contributed by atoms with Crippen molar-refractivity contribution in [3.8, 4) is 5.75 Å². The van der Waals surface area contributed by atoms with Crippen molar-refractivity contribution in [2.45, 2.75) is 6.36 Å². The van der Waals surface area contributed by atoms with Crippen LogP contribution < -0.4 is 10.5 Å². The molecule has 0 fully saturated rings. The minimum Gasteiger partial charge on any atom is -0.406 e. The average molecular weight is 217 g/mol. The van der Waals surface area contributed by atoms with Crippen LogP contribution in [0.5, 0.6) is 5.75 Å². The molecular weight excluding hydrogens is 211 g/mol. The highest BCUT2D eigenvalue weighted by Gasteiger charge is 2.31. The molecule has 0 spiro atoms. The van der Waals surface area contributed by atoms with Gasteiger partial charge < -0.3 is 10.5 Å². The van der Waals surface area contributed by atoms with Gasteiger partial charge in [-0.3, -0.25) is 5.10 Å². The van der Waals surface area contributed by atoms with Gasteiger partial charge in [0.2, 0.25) is 0 Å². The molecule has 2 rings (SSSR count). The predicted octanol–water partition coefficient (Wildman–Crippen LogP) is 2.04. The Morgan fingerprint density at radius 1 is 1.33 bits per heavy atom. The lowest BCUT2D eigenvalue weighted by molar-refractivity contribution is -0.274. The number of nitrogens with two attached hydrogens (primary N) is 1. The number of nitrogens with one attached hydrogen (secondary N) is 1. The number of anilines is 1. The third kappa shape index (κ3) is 1.95. The number of halogens is 3. The van der Waals surface area contributed by atoms with Crippen LogP contribution >= 0.6 is 0 Å². The van der Waals surface area contributed by atoms with Crippen LogP contribution in [-0.4, -0.2) is 16.6 Å². The summed E-state index contributed by atoms with van der Waals surface area (Å²) in [4.78, 5) is 0. The Hall–Kier alpha value is -1.92. The van der Waals surface area contributed by atoms with Crippen molar-refractivity contribution < 1.29 is 17.9 Å². The fraction of sp³-hybridized carbons (Fsp3) is 0.125. The first-order valence-electron chi connectivity index (χ1n) is 3.95. The van der Waals surface area contributed by atoms with E-state index < -0.39 is 6.36 Å². The summed E-state index contributed by atoms with van der Waals surface area (Å²) in [7, 11) is 0. The Balaban J connectivity index is 2.42. The largest absolute Gasteiger partial charge is 0.573 e. The minimum atomic E-state index is -4.70. The van der Waals surface area contributed by atoms with Gasteiger partial charge in [-0.1, -0.05) is 0 Å². The van der Waals surface area contributed by atoms with Gasteiger partial charge in [0.25, 0.3) is 0 Å². The summed E-state index contributed by atoms with van der Waals surface area (Å²) < 4.78 is 39.4. The highest BCUT2D eigenvalue weighted by Crippen LogP contribution is 2.27. The summed E-state index contributed by atoms with van der Waals surface area (Å²) in [5.74, 6) is -0.180. The van der Waals surface area contributed by atoms with Crippen molar-refractivity contribution in [2.24, 2.45) is 0 Å². The number of aromatic nitrogens is 2. The Morgan fingerprint density at radius 3 is 2.73 bits per heavy atom. The van der Waals surface area contributed by atoms with Crippen LogP contribution in [0.25, 0.3) is 10.9 Å². The molecule has 1 aromatic carbocycles. The first-order chi connectivity index (χ1) is 6.96. The van der Waals surface area contributed by atoms with Crippen LogP contribution in [-0.2, 0) is 0 Å². The number of aromatic amines is 1. The number of alkyl halides is 3. The van der Waals surface area contributed by atoms with E-state index in [1.165, 1.54) is 18.2 Å². The second-order valence-corrected chi connectivity index (χ2v) is 2.86. The molecule has 7 heteroatoms. The molecular formula is C8H6F3N3O. The summed E-state index contributed by atoms with van der Waals surface area (Å²) in [5, 5.41) is 6.62. The Morgan fingerprint density at radius 2 is 2.07 bits per heavy atom. The van der Waals surface area contributed by atoms with E-state index in [4.69, 9.17) is 5.73 Å². The number of hydrogen-bond acceptors (Lipinski definition) is 3. The SMILES string of the molecule is Nc1n[nH]c2ccc(OC(F)(F)F)cc12. The summed E-state index contributed by atoms with van der Waals surface area (Å²) >= 11 is 0. The maximum atomic E-state index is 11.9. The highest BCUT2D eigenvalue weighted by atomic mass is 19.4. The fourth-order valence-electron chi connectivity index (χ4n) is 1.21. The normalized spacial score (nSPS) is 11.9. The van der Waals surface area contributed by atoms with Crippen molar-refractivity contribution in [2.75, 3.05) is 5.73 Å². The number of fused-ring (bicyclic) bond motifs is 1. The first-order valence-corrected chi connectivity index (χ1v) is 3.95. The van der Waals surface area contributed by atoms with Gasteiger partial charge in [0.05, 0.1) is 5.52 Å². The monoisotopic (exact) mass is 217 g/mol. The van der Waals surface area contributed by atoms with Crippen LogP contribution in [0.3, 0.4) is 0 Å². The number of nitrogens with zero attached hydrogens (tertiary/aromatic N) is 1. The van der Waals surface area contributed by atoms with Gasteiger partial charge in [0, 0.05) is 5.39 Å². The van der Waals surface area contributed by atoms with E-state index in [-0.39, 0.29) is 11.6 Å². The van der Waals surface area contributed by atoms with E-state index in [0.717, 1.165) is 0 Å². The van der Waals surface area contributed by atoms with Gasteiger partial charge in [0.1, 0.15) is 5.75 Å². The molecule has 1 aromatic heterocycles. The molecule has 0 aliphatic heterocycles. The zero-order chi connectivity index (χ0) is 11.1. The van der Waals surface area contributed by atoms with Gasteiger partial charge in [-0.25, -0.2) is 0 Å². The number of hydrogen-bond donors (Lipinski definition) is 2. The van der Waals surface area contributed by atoms with Crippen molar-refractivity contribution in [3.63, 3.8) is 0 Å². The summed E-state index contributed by atoms with van der Waals surface area (Å²) in [5.41, 5.74) is 5.99. The molecule has 3 N–H and O–H groups in total. The Labute approximate surface area is 81.8 Å². The smallest absolute Gasteiger partial charge is 0.406 e.